The maximum Gasteiger partial charge on any atom is 0.345 e. The molecule has 0 atom stereocenters. The molecule has 2 N–H and O–H groups in total. The van der Waals surface area contributed by atoms with Gasteiger partial charge in [-0.25, -0.2) is 4.79 Å². The summed E-state index contributed by atoms with van der Waals surface area (Å²) in [6.07, 6.45) is 0. The van der Waals surface area contributed by atoms with Gasteiger partial charge in [-0.2, -0.15) is 15.0 Å². The van der Waals surface area contributed by atoms with Crippen molar-refractivity contribution in [2.45, 2.75) is 6.61 Å². The Kier molecular flexibility index (Phi) is 5.09. The van der Waals surface area contributed by atoms with Gasteiger partial charge in [0, 0.05) is 25.2 Å². The molecule has 126 valence electrons. The topological polar surface area (TPSA) is 137 Å². The zero-order valence-electron chi connectivity index (χ0n) is 12.8. The van der Waals surface area contributed by atoms with Crippen LogP contribution in [0.2, 0.25) is 5.02 Å². The standard InChI is InChI=1S/C13H13ClN6O4/c1-19(2)13-17-10(16-12(15)18-13)6-24-11(21)8-5-7(14)3-4-9(8)20(22)23/h3-5H,6H2,1-2H3,(H2,15,16,17,18). The smallest absolute Gasteiger partial charge is 0.345 e. The third kappa shape index (κ3) is 4.04. The molecule has 2 rings (SSSR count). The number of aromatic nitrogens is 3. The lowest BCUT2D eigenvalue weighted by Crippen LogP contribution is -2.17. The molecule has 11 heteroatoms. The summed E-state index contributed by atoms with van der Waals surface area (Å²) >= 11 is 5.77. The molecule has 0 saturated heterocycles. The van der Waals surface area contributed by atoms with E-state index in [0.29, 0.717) is 5.95 Å². The van der Waals surface area contributed by atoms with Gasteiger partial charge in [0.15, 0.2) is 12.4 Å². The van der Waals surface area contributed by atoms with Crippen molar-refractivity contribution in [3.05, 3.63) is 44.7 Å². The summed E-state index contributed by atoms with van der Waals surface area (Å²) in [7, 11) is 3.42. The third-order valence-corrected chi connectivity index (χ3v) is 3.03. The first-order chi connectivity index (χ1) is 11.3. The molecule has 0 radical (unpaired) electrons. The van der Waals surface area contributed by atoms with Crippen LogP contribution < -0.4 is 10.6 Å². The zero-order chi connectivity index (χ0) is 17.9. The molecular weight excluding hydrogens is 340 g/mol. The number of esters is 1. The van der Waals surface area contributed by atoms with Crippen molar-refractivity contribution in [3.8, 4) is 0 Å². The van der Waals surface area contributed by atoms with Gasteiger partial charge in [-0.1, -0.05) is 11.6 Å². The fourth-order valence-corrected chi connectivity index (χ4v) is 1.90. The monoisotopic (exact) mass is 352 g/mol. The Labute approximate surface area is 141 Å². The molecule has 0 spiro atoms. The highest BCUT2D eigenvalue weighted by Gasteiger charge is 2.22. The van der Waals surface area contributed by atoms with Crippen LogP contribution in [-0.2, 0) is 11.3 Å². The van der Waals surface area contributed by atoms with Crippen molar-refractivity contribution >= 4 is 35.2 Å². The number of halogens is 1. The molecule has 1 aromatic carbocycles. The van der Waals surface area contributed by atoms with E-state index < -0.39 is 16.6 Å². The second kappa shape index (κ2) is 7.04. The van der Waals surface area contributed by atoms with Gasteiger partial charge >= 0.3 is 5.97 Å². The number of anilines is 2. The molecular formula is C13H13ClN6O4. The average molecular weight is 353 g/mol. The summed E-state index contributed by atoms with van der Waals surface area (Å²) in [4.78, 5) is 35.8. The molecule has 10 nitrogen and oxygen atoms in total. The summed E-state index contributed by atoms with van der Waals surface area (Å²) in [6, 6.07) is 3.60. The number of nitro groups is 1. The van der Waals surface area contributed by atoms with Crippen LogP contribution in [0, 0.1) is 10.1 Å². The summed E-state index contributed by atoms with van der Waals surface area (Å²) < 4.78 is 5.02. The number of benzene rings is 1. The molecule has 0 bridgehead atoms. The average Bonchev–Trinajstić information content (AvgIpc) is 2.51. The first-order valence-corrected chi connectivity index (χ1v) is 6.94. The quantitative estimate of drug-likeness (QED) is 0.481. The molecule has 24 heavy (non-hydrogen) atoms. The van der Waals surface area contributed by atoms with E-state index in [1.807, 2.05) is 0 Å². The third-order valence-electron chi connectivity index (χ3n) is 2.79. The Morgan fingerprint density at radius 1 is 1.38 bits per heavy atom. The van der Waals surface area contributed by atoms with Crippen LogP contribution in [0.5, 0.6) is 0 Å². The van der Waals surface area contributed by atoms with Crippen LogP contribution in [-0.4, -0.2) is 39.9 Å². The van der Waals surface area contributed by atoms with Crippen molar-refractivity contribution in [3.63, 3.8) is 0 Å². The number of carbonyl (C=O) groups excluding carboxylic acids is 1. The number of ether oxygens (including phenoxy) is 1. The molecule has 0 aliphatic rings. The minimum absolute atomic E-state index is 0.0338. The minimum Gasteiger partial charge on any atom is -0.454 e. The van der Waals surface area contributed by atoms with Crippen LogP contribution in [0.3, 0.4) is 0 Å². The van der Waals surface area contributed by atoms with Crippen molar-refractivity contribution in [1.82, 2.24) is 15.0 Å². The number of carbonyl (C=O) groups is 1. The van der Waals surface area contributed by atoms with Crippen molar-refractivity contribution < 1.29 is 14.5 Å². The Bertz CT molecular complexity index is 798. The maximum atomic E-state index is 12.1. The fourth-order valence-electron chi connectivity index (χ4n) is 1.73. The first kappa shape index (κ1) is 17.3. The lowest BCUT2D eigenvalue weighted by Gasteiger charge is -2.11. The molecule has 1 heterocycles. The van der Waals surface area contributed by atoms with E-state index in [2.05, 4.69) is 15.0 Å². The van der Waals surface area contributed by atoms with Crippen molar-refractivity contribution in [2.24, 2.45) is 0 Å². The lowest BCUT2D eigenvalue weighted by atomic mass is 10.2. The van der Waals surface area contributed by atoms with E-state index >= 15 is 0 Å². The highest BCUT2D eigenvalue weighted by Crippen LogP contribution is 2.23. The molecule has 0 saturated carbocycles. The number of hydrogen-bond acceptors (Lipinski definition) is 9. The molecule has 0 fully saturated rings. The van der Waals surface area contributed by atoms with E-state index in [9.17, 15) is 14.9 Å². The molecule has 0 aliphatic heterocycles. The molecule has 0 unspecified atom stereocenters. The lowest BCUT2D eigenvalue weighted by molar-refractivity contribution is -0.385. The van der Waals surface area contributed by atoms with E-state index in [1.165, 1.54) is 6.07 Å². The Morgan fingerprint density at radius 3 is 2.71 bits per heavy atom. The summed E-state index contributed by atoms with van der Waals surface area (Å²) in [5, 5.41) is 11.1. The van der Waals surface area contributed by atoms with Crippen LogP contribution in [0.4, 0.5) is 17.6 Å². The van der Waals surface area contributed by atoms with E-state index in [-0.39, 0.29) is 29.0 Å². The summed E-state index contributed by atoms with van der Waals surface area (Å²) in [6.45, 7) is -0.323. The largest absolute Gasteiger partial charge is 0.454 e. The molecule has 0 aliphatic carbocycles. The molecule has 0 amide bonds. The highest BCUT2D eigenvalue weighted by molar-refractivity contribution is 6.31. The Morgan fingerprint density at radius 2 is 2.08 bits per heavy atom. The second-order valence-electron chi connectivity index (χ2n) is 4.80. The van der Waals surface area contributed by atoms with Crippen LogP contribution >= 0.6 is 11.6 Å². The van der Waals surface area contributed by atoms with Gasteiger partial charge in [0.25, 0.3) is 5.69 Å². The van der Waals surface area contributed by atoms with Gasteiger partial charge in [0.2, 0.25) is 11.9 Å². The zero-order valence-corrected chi connectivity index (χ0v) is 13.5. The Hall–Kier alpha value is -3.01. The number of hydrogen-bond donors (Lipinski definition) is 1. The SMILES string of the molecule is CN(C)c1nc(N)nc(COC(=O)c2cc(Cl)ccc2[N+](=O)[O-])n1. The van der Waals surface area contributed by atoms with E-state index in [0.717, 1.165) is 12.1 Å². The summed E-state index contributed by atoms with van der Waals surface area (Å²) in [5.41, 5.74) is 4.89. The number of nitrogen functional groups attached to an aromatic ring is 1. The number of nitro benzene ring substituents is 1. The number of rotatable bonds is 5. The van der Waals surface area contributed by atoms with Crippen LogP contribution in [0.15, 0.2) is 18.2 Å². The van der Waals surface area contributed by atoms with Gasteiger partial charge in [-0.3, -0.25) is 10.1 Å². The van der Waals surface area contributed by atoms with E-state index in [1.54, 1.807) is 19.0 Å². The number of nitrogens with two attached hydrogens (primary N) is 1. The van der Waals surface area contributed by atoms with Gasteiger partial charge in [-0.15, -0.1) is 0 Å². The van der Waals surface area contributed by atoms with Crippen LogP contribution in [0.1, 0.15) is 16.2 Å². The van der Waals surface area contributed by atoms with Gasteiger partial charge < -0.3 is 15.4 Å². The first-order valence-electron chi connectivity index (χ1n) is 6.56. The molecule has 2 aromatic rings. The van der Waals surface area contributed by atoms with Crippen LogP contribution in [0.25, 0.3) is 0 Å². The maximum absolute atomic E-state index is 12.1. The second-order valence-corrected chi connectivity index (χ2v) is 5.24. The van der Waals surface area contributed by atoms with Gasteiger partial charge in [0.1, 0.15) is 5.56 Å². The highest BCUT2D eigenvalue weighted by atomic mass is 35.5. The minimum atomic E-state index is -0.922. The predicted octanol–water partition coefficient (Wildman–Crippen LogP) is 1.44. The normalized spacial score (nSPS) is 10.3. The predicted molar refractivity (Wildman–Crippen MR) is 85.8 cm³/mol. The summed E-state index contributed by atoms with van der Waals surface area (Å²) in [5.74, 6) is -0.547. The fraction of sp³-hybridized carbons (Fsp3) is 0.231. The molecule has 1 aromatic heterocycles. The van der Waals surface area contributed by atoms with Crippen molar-refractivity contribution in [2.75, 3.05) is 24.7 Å². The Balaban J connectivity index is 2.20. The number of nitrogens with zero attached hydrogens (tertiary/aromatic N) is 5. The van der Waals surface area contributed by atoms with E-state index in [4.69, 9.17) is 22.1 Å². The van der Waals surface area contributed by atoms with Crippen molar-refractivity contribution in [1.29, 1.82) is 0 Å². The van der Waals surface area contributed by atoms with Gasteiger partial charge in [0.05, 0.1) is 4.92 Å². The van der Waals surface area contributed by atoms with Gasteiger partial charge in [-0.05, 0) is 12.1 Å².